The molecule has 146 valence electrons. The summed E-state index contributed by atoms with van der Waals surface area (Å²) in [6.45, 7) is 7.86. The summed E-state index contributed by atoms with van der Waals surface area (Å²) in [5, 5.41) is 17.4. The third kappa shape index (κ3) is 8.00. The molecule has 0 spiro atoms. The molecular weight excluding hydrogens is 330 g/mol. The number of aromatic carboxylic acids is 2. The lowest BCUT2D eigenvalue weighted by Gasteiger charge is -2.26. The van der Waals surface area contributed by atoms with Crippen LogP contribution in [0.4, 0.5) is 0 Å². The number of carboxylic acid groups (broad SMARTS) is 2. The minimum absolute atomic E-state index is 0.0277. The van der Waals surface area contributed by atoms with Gasteiger partial charge >= 0.3 is 11.9 Å². The molecule has 2 N–H and O–H groups in total. The van der Waals surface area contributed by atoms with Crippen molar-refractivity contribution in [1.29, 1.82) is 0 Å². The molecule has 0 amide bonds. The zero-order valence-corrected chi connectivity index (χ0v) is 16.2. The van der Waals surface area contributed by atoms with Crippen LogP contribution in [0.25, 0.3) is 0 Å². The molecule has 1 aromatic carbocycles. The van der Waals surface area contributed by atoms with Gasteiger partial charge in [-0.3, -0.25) is 0 Å². The van der Waals surface area contributed by atoms with E-state index in [9.17, 15) is 9.59 Å². The number of unbranched alkanes of at least 4 members (excludes halogenated alkanes) is 4. The van der Waals surface area contributed by atoms with Crippen LogP contribution in [0.2, 0.25) is 0 Å². The summed E-state index contributed by atoms with van der Waals surface area (Å²) in [6.07, 6.45) is 11.5. The number of rotatable bonds is 8. The summed E-state index contributed by atoms with van der Waals surface area (Å²) in [4.78, 5) is 23.9. The van der Waals surface area contributed by atoms with Crippen molar-refractivity contribution < 1.29 is 19.8 Å². The Hall–Kier alpha value is -1.88. The quantitative estimate of drug-likeness (QED) is 0.647. The Morgan fingerprint density at radius 2 is 1.46 bits per heavy atom. The van der Waals surface area contributed by atoms with E-state index >= 15 is 0 Å². The summed E-state index contributed by atoms with van der Waals surface area (Å²) in [5.74, 6) is -2.22. The number of carbonyl (C=O) groups is 2. The minimum Gasteiger partial charge on any atom is -0.478 e. The first-order valence-corrected chi connectivity index (χ1v) is 9.76. The lowest BCUT2D eigenvalue weighted by atomic mass is 10.0. The zero-order chi connectivity index (χ0) is 19.4. The second kappa shape index (κ2) is 12.5. The van der Waals surface area contributed by atoms with E-state index in [4.69, 9.17) is 10.2 Å². The maximum Gasteiger partial charge on any atom is 0.335 e. The van der Waals surface area contributed by atoms with Gasteiger partial charge in [-0.25, -0.2) is 9.59 Å². The molecule has 0 aromatic heterocycles. The molecule has 0 aliphatic carbocycles. The van der Waals surface area contributed by atoms with Crippen molar-refractivity contribution in [2.45, 2.75) is 65.2 Å². The maximum absolute atomic E-state index is 10.6. The predicted molar refractivity (Wildman–Crippen MR) is 104 cm³/mol. The third-order valence-corrected chi connectivity index (χ3v) is 4.82. The topological polar surface area (TPSA) is 77.8 Å². The molecule has 1 aliphatic rings. The van der Waals surface area contributed by atoms with E-state index in [2.05, 4.69) is 11.8 Å². The van der Waals surface area contributed by atoms with Crippen molar-refractivity contribution in [3.63, 3.8) is 0 Å². The van der Waals surface area contributed by atoms with Gasteiger partial charge in [-0.05, 0) is 63.5 Å². The van der Waals surface area contributed by atoms with Gasteiger partial charge < -0.3 is 15.1 Å². The van der Waals surface area contributed by atoms with Crippen LogP contribution in [0.3, 0.4) is 0 Å². The molecule has 0 bridgehead atoms. The van der Waals surface area contributed by atoms with Gasteiger partial charge in [0, 0.05) is 0 Å². The summed E-state index contributed by atoms with van der Waals surface area (Å²) >= 11 is 0. The van der Waals surface area contributed by atoms with E-state index in [0.717, 1.165) is 0 Å². The fourth-order valence-corrected chi connectivity index (χ4v) is 3.22. The van der Waals surface area contributed by atoms with Crippen LogP contribution in [0.5, 0.6) is 0 Å². The third-order valence-electron chi connectivity index (χ3n) is 4.82. The second-order valence-corrected chi connectivity index (χ2v) is 6.90. The van der Waals surface area contributed by atoms with Crippen molar-refractivity contribution in [2.75, 3.05) is 19.6 Å². The molecule has 5 heteroatoms. The second-order valence-electron chi connectivity index (χ2n) is 6.90. The Morgan fingerprint density at radius 1 is 0.923 bits per heavy atom. The van der Waals surface area contributed by atoms with Crippen LogP contribution < -0.4 is 0 Å². The van der Waals surface area contributed by atoms with Crippen molar-refractivity contribution in [3.8, 4) is 0 Å². The largest absolute Gasteiger partial charge is 0.478 e. The highest BCUT2D eigenvalue weighted by Gasteiger charge is 2.13. The Labute approximate surface area is 157 Å². The number of likely N-dealkylation sites (tertiary alicyclic amines) is 1. The fourth-order valence-electron chi connectivity index (χ4n) is 3.22. The van der Waals surface area contributed by atoms with Gasteiger partial charge in [0.25, 0.3) is 0 Å². The maximum atomic E-state index is 10.6. The highest BCUT2D eigenvalue weighted by atomic mass is 16.4. The normalized spacial score (nSPS) is 14.4. The smallest absolute Gasteiger partial charge is 0.335 e. The van der Waals surface area contributed by atoms with Crippen molar-refractivity contribution >= 4 is 11.9 Å². The number of piperidine rings is 1. The standard InChI is InChI=1S/C12H25N.C9H8O4/c1-2-3-4-5-7-10-13-11-8-6-9-12-13;1-5-6(8(10)11)3-2-4-7(5)9(12)13/h2-12H2,1H3;2-4H,1H3,(H,10,11)(H,12,13). The SMILES string of the molecule is CCCCCCCN1CCCCC1.Cc1c(C(=O)O)cccc1C(=O)O. The Kier molecular flexibility index (Phi) is 10.6. The lowest BCUT2D eigenvalue weighted by Crippen LogP contribution is -2.30. The Morgan fingerprint density at radius 3 is 1.96 bits per heavy atom. The highest BCUT2D eigenvalue weighted by Crippen LogP contribution is 2.13. The Balaban J connectivity index is 0.000000260. The molecule has 1 heterocycles. The zero-order valence-electron chi connectivity index (χ0n) is 16.2. The summed E-state index contributed by atoms with van der Waals surface area (Å²) < 4.78 is 0. The van der Waals surface area contributed by atoms with E-state index in [1.54, 1.807) is 0 Å². The first-order chi connectivity index (χ1) is 12.5. The molecule has 1 saturated heterocycles. The molecule has 0 saturated carbocycles. The van der Waals surface area contributed by atoms with E-state index in [1.165, 1.54) is 96.1 Å². The van der Waals surface area contributed by atoms with E-state index in [1.807, 2.05) is 0 Å². The van der Waals surface area contributed by atoms with Gasteiger partial charge in [-0.15, -0.1) is 0 Å². The predicted octanol–water partition coefficient (Wildman–Crippen LogP) is 4.83. The van der Waals surface area contributed by atoms with Crippen LogP contribution in [0.15, 0.2) is 18.2 Å². The highest BCUT2D eigenvalue weighted by molar-refractivity contribution is 5.96. The first kappa shape index (κ1) is 22.2. The first-order valence-electron chi connectivity index (χ1n) is 9.76. The molecule has 0 unspecified atom stereocenters. The van der Waals surface area contributed by atoms with Crippen LogP contribution >= 0.6 is 0 Å². The van der Waals surface area contributed by atoms with Crippen molar-refractivity contribution in [1.82, 2.24) is 4.90 Å². The molecule has 0 atom stereocenters. The van der Waals surface area contributed by atoms with E-state index in [0.29, 0.717) is 0 Å². The van der Waals surface area contributed by atoms with Gasteiger partial charge in [0.1, 0.15) is 0 Å². The molecular formula is C21H33NO4. The number of hydrogen-bond donors (Lipinski definition) is 2. The van der Waals surface area contributed by atoms with Crippen LogP contribution in [-0.4, -0.2) is 46.7 Å². The average Bonchev–Trinajstić information content (AvgIpc) is 2.62. The number of carboxylic acids is 2. The molecule has 26 heavy (non-hydrogen) atoms. The summed E-state index contributed by atoms with van der Waals surface area (Å²) in [7, 11) is 0. The monoisotopic (exact) mass is 363 g/mol. The Bertz CT molecular complexity index is 533. The van der Waals surface area contributed by atoms with Crippen molar-refractivity contribution in [3.05, 3.63) is 34.9 Å². The van der Waals surface area contributed by atoms with E-state index in [-0.39, 0.29) is 16.7 Å². The minimum atomic E-state index is -1.11. The van der Waals surface area contributed by atoms with Crippen LogP contribution in [0, 0.1) is 6.92 Å². The van der Waals surface area contributed by atoms with Crippen LogP contribution in [-0.2, 0) is 0 Å². The summed E-state index contributed by atoms with van der Waals surface area (Å²) in [6, 6.07) is 4.17. The molecule has 5 nitrogen and oxygen atoms in total. The number of nitrogens with zero attached hydrogens (tertiary/aromatic N) is 1. The van der Waals surface area contributed by atoms with Gasteiger partial charge in [0.05, 0.1) is 11.1 Å². The molecule has 1 fully saturated rings. The molecule has 1 aromatic rings. The van der Waals surface area contributed by atoms with Crippen molar-refractivity contribution in [2.24, 2.45) is 0 Å². The molecule has 0 radical (unpaired) electrons. The molecule has 1 aliphatic heterocycles. The number of hydrogen-bond acceptors (Lipinski definition) is 3. The van der Waals surface area contributed by atoms with Gasteiger partial charge in [0.2, 0.25) is 0 Å². The lowest BCUT2D eigenvalue weighted by molar-refractivity contribution is 0.0696. The van der Waals surface area contributed by atoms with Crippen LogP contribution in [0.1, 0.15) is 84.6 Å². The molecule has 2 rings (SSSR count). The van der Waals surface area contributed by atoms with E-state index < -0.39 is 11.9 Å². The number of benzene rings is 1. The summed E-state index contributed by atoms with van der Waals surface area (Å²) in [5.41, 5.74) is 0.335. The average molecular weight is 363 g/mol. The fraction of sp³-hybridized carbons (Fsp3) is 0.619. The van der Waals surface area contributed by atoms with Gasteiger partial charge in [-0.1, -0.05) is 45.1 Å². The van der Waals surface area contributed by atoms with Gasteiger partial charge in [0.15, 0.2) is 0 Å². The van der Waals surface area contributed by atoms with Gasteiger partial charge in [-0.2, -0.15) is 0 Å².